The molecule has 0 aliphatic heterocycles. The van der Waals surface area contributed by atoms with Crippen molar-refractivity contribution in [3.05, 3.63) is 95.6 Å². The van der Waals surface area contributed by atoms with Gasteiger partial charge in [-0.15, -0.1) is 0 Å². The fraction of sp³-hybridized carbons (Fsp3) is 0.647. The highest BCUT2D eigenvalue weighted by Crippen LogP contribution is 2.43. The lowest BCUT2D eigenvalue weighted by Gasteiger charge is -2.19. The van der Waals surface area contributed by atoms with Crippen LogP contribution in [-0.4, -0.2) is 71.7 Å². The van der Waals surface area contributed by atoms with Gasteiger partial charge in [-0.1, -0.05) is 151 Å². The average molecular weight is 918 g/mol. The summed E-state index contributed by atoms with van der Waals surface area (Å²) < 4.78 is 39.0. The second kappa shape index (κ2) is 38.9. The predicted molar refractivity (Wildman–Crippen MR) is 258 cm³/mol. The van der Waals surface area contributed by atoms with Crippen molar-refractivity contribution in [3.8, 4) is 0 Å². The minimum Gasteiger partial charge on any atom is -0.466 e. The van der Waals surface area contributed by atoms with Gasteiger partial charge in [0, 0.05) is 32.2 Å². The summed E-state index contributed by atoms with van der Waals surface area (Å²) in [4.78, 5) is 35.0. The summed E-state index contributed by atoms with van der Waals surface area (Å²) in [6, 6.07) is 0. The second-order valence-corrected chi connectivity index (χ2v) is 17.7. The molecule has 1 unspecified atom stereocenters. The van der Waals surface area contributed by atoms with E-state index >= 15 is 0 Å². The van der Waals surface area contributed by atoms with Crippen LogP contribution in [-0.2, 0) is 45.5 Å². The van der Waals surface area contributed by atoms with Crippen molar-refractivity contribution < 1.29 is 52.2 Å². The van der Waals surface area contributed by atoms with Gasteiger partial charge < -0.3 is 34.7 Å². The van der Waals surface area contributed by atoms with E-state index in [1.165, 1.54) is 74.0 Å². The molecule has 5 N–H and O–H groups in total. The highest BCUT2D eigenvalue weighted by Gasteiger charge is 2.26. The van der Waals surface area contributed by atoms with Crippen molar-refractivity contribution in [3.63, 3.8) is 0 Å². The Kier molecular flexibility index (Phi) is 35.6. The zero-order valence-electron chi connectivity index (χ0n) is 39.7. The molecule has 0 saturated heterocycles. The summed E-state index contributed by atoms with van der Waals surface area (Å²) >= 11 is 0. The molecule has 0 aliphatic rings. The zero-order valence-corrected chi connectivity index (χ0v) is 40.6. The molecule has 12 nitrogen and oxygen atoms in total. The van der Waals surface area contributed by atoms with E-state index in [9.17, 15) is 29.3 Å². The van der Waals surface area contributed by atoms with Crippen molar-refractivity contribution in [2.75, 3.05) is 26.4 Å². The summed E-state index contributed by atoms with van der Waals surface area (Å²) in [7, 11) is -4.44. The summed E-state index contributed by atoms with van der Waals surface area (Å²) in [5, 5.41) is 20.0. The maximum Gasteiger partial charge on any atom is 0.472 e. The number of phosphoric ester groups is 1. The molecule has 1 aromatic rings. The lowest BCUT2D eigenvalue weighted by molar-refractivity contribution is -0.161. The number of phosphoric acid groups is 1. The largest absolute Gasteiger partial charge is 0.472 e. The number of allylic oxidation sites excluding steroid dienone is 8. The van der Waals surface area contributed by atoms with Gasteiger partial charge in [-0.3, -0.25) is 18.6 Å². The van der Waals surface area contributed by atoms with Crippen LogP contribution >= 0.6 is 7.82 Å². The standard InChI is InChI=1S/C51H84NO11P/c1-5-7-23-31-45(53)33-26-21-22-27-34-46(54)32-25-17-15-16-20-30-38-51(56)62-47(42-61-64(57,58)60-40-39-52)41-59-50(55)37-29-19-14-12-10-9-11-13-18-28-36-49-44(4)43(3)48(63-49)35-24-8-6-2/h7,16-17,20-23,25-27,33-34,45-47,53-54H,5-6,8-15,18-19,24,28-32,35-42,52H2,1-4H3,(H,57,58)/b20-16-,22-21-,23-7-,25-17-,33-26+,34-27+/t45-,46+,47+/m0/s1. The van der Waals surface area contributed by atoms with Gasteiger partial charge in [0.1, 0.15) is 18.1 Å². The molecule has 0 aliphatic carbocycles. The van der Waals surface area contributed by atoms with Crippen LogP contribution in [0.1, 0.15) is 165 Å². The summed E-state index contributed by atoms with van der Waals surface area (Å²) in [6.45, 7) is 7.65. The Morgan fingerprint density at radius 3 is 1.80 bits per heavy atom. The van der Waals surface area contributed by atoms with E-state index in [4.69, 9.17) is 28.7 Å². The number of hydrogen-bond donors (Lipinski definition) is 4. The molecule has 0 spiro atoms. The van der Waals surface area contributed by atoms with Gasteiger partial charge in [0.15, 0.2) is 6.10 Å². The molecule has 0 radical (unpaired) electrons. The van der Waals surface area contributed by atoms with Crippen LogP contribution in [0.3, 0.4) is 0 Å². The van der Waals surface area contributed by atoms with Gasteiger partial charge in [0.25, 0.3) is 0 Å². The molecule has 364 valence electrons. The first kappa shape index (κ1) is 58.7. The lowest BCUT2D eigenvalue weighted by atomic mass is 10.0. The quantitative estimate of drug-likeness (QED) is 0.0161. The number of aryl methyl sites for hydroxylation is 2. The maximum absolute atomic E-state index is 12.6. The van der Waals surface area contributed by atoms with Crippen LogP contribution in [0.4, 0.5) is 0 Å². The molecule has 1 heterocycles. The number of unbranched alkanes of at least 4 members (excludes halogenated alkanes) is 11. The van der Waals surface area contributed by atoms with Crippen LogP contribution in [0.5, 0.6) is 0 Å². The molecule has 0 amide bonds. The normalized spacial score (nSPS) is 14.8. The van der Waals surface area contributed by atoms with Crippen molar-refractivity contribution in [1.82, 2.24) is 0 Å². The van der Waals surface area contributed by atoms with Gasteiger partial charge in [-0.05, 0) is 76.3 Å². The van der Waals surface area contributed by atoms with E-state index in [2.05, 4.69) is 20.8 Å². The van der Waals surface area contributed by atoms with Crippen molar-refractivity contribution in [2.45, 2.75) is 187 Å². The molecule has 4 atom stereocenters. The molecule has 0 saturated carbocycles. The van der Waals surface area contributed by atoms with E-state index in [0.717, 1.165) is 44.9 Å². The fourth-order valence-electron chi connectivity index (χ4n) is 6.60. The van der Waals surface area contributed by atoms with Crippen LogP contribution in [0, 0.1) is 13.8 Å². The third-order valence-electron chi connectivity index (χ3n) is 10.5. The highest BCUT2D eigenvalue weighted by molar-refractivity contribution is 7.47. The van der Waals surface area contributed by atoms with Gasteiger partial charge in [0.05, 0.1) is 25.4 Å². The molecule has 13 heteroatoms. The number of ether oxygens (including phenoxy) is 2. The second-order valence-electron chi connectivity index (χ2n) is 16.2. The van der Waals surface area contributed by atoms with E-state index in [1.807, 2.05) is 43.4 Å². The van der Waals surface area contributed by atoms with Crippen LogP contribution < -0.4 is 5.73 Å². The Hall–Kier alpha value is -3.35. The smallest absolute Gasteiger partial charge is 0.466 e. The Balaban J connectivity index is 2.31. The number of esters is 2. The Morgan fingerprint density at radius 2 is 1.22 bits per heavy atom. The maximum atomic E-state index is 12.6. The molecular formula is C51H84NO11P. The first-order valence-corrected chi connectivity index (χ1v) is 25.5. The van der Waals surface area contributed by atoms with E-state index in [-0.39, 0.29) is 32.6 Å². The van der Waals surface area contributed by atoms with Crippen LogP contribution in [0.2, 0.25) is 0 Å². The topological polar surface area (TPSA) is 188 Å². The number of aliphatic hydroxyl groups excluding tert-OH is 2. The minimum absolute atomic E-state index is 0.0153. The molecular weight excluding hydrogens is 834 g/mol. The Labute approximate surface area is 385 Å². The Morgan fingerprint density at radius 1 is 0.672 bits per heavy atom. The third-order valence-corrected chi connectivity index (χ3v) is 11.5. The van der Waals surface area contributed by atoms with E-state index in [0.29, 0.717) is 32.1 Å². The molecule has 1 aromatic heterocycles. The number of nitrogens with two attached hydrogens (primary N) is 1. The number of carbonyl (C=O) groups is 2. The van der Waals surface area contributed by atoms with Crippen LogP contribution in [0.15, 0.2) is 77.3 Å². The first-order valence-electron chi connectivity index (χ1n) is 24.0. The minimum atomic E-state index is -4.44. The van der Waals surface area contributed by atoms with Crippen LogP contribution in [0.25, 0.3) is 0 Å². The van der Waals surface area contributed by atoms with Gasteiger partial charge in [0.2, 0.25) is 0 Å². The Bertz CT molecular complexity index is 1590. The number of carbonyl (C=O) groups excluding carboxylic acids is 2. The third kappa shape index (κ3) is 32.3. The molecule has 1 rings (SSSR count). The number of hydrogen-bond acceptors (Lipinski definition) is 11. The number of rotatable bonds is 40. The number of furan rings is 1. The van der Waals surface area contributed by atoms with E-state index < -0.39 is 44.7 Å². The highest BCUT2D eigenvalue weighted by atomic mass is 31.2. The molecule has 0 aromatic carbocycles. The SMILES string of the molecule is CC/C=C\C[C@H](O)/C=C/C=C\C=C\[C@H](O)C/C=C\C/C=C\CCC(=O)O[C@H](COC(=O)CCCCCCCCCCCCc1oc(CCCCC)c(C)c1C)COP(=O)(O)OCCN. The molecule has 0 bridgehead atoms. The van der Waals surface area contributed by atoms with Gasteiger partial charge >= 0.3 is 19.8 Å². The van der Waals surface area contributed by atoms with E-state index in [1.54, 1.807) is 36.5 Å². The summed E-state index contributed by atoms with van der Waals surface area (Å²) in [6.07, 6.45) is 39.7. The lowest BCUT2D eigenvalue weighted by Crippen LogP contribution is -2.29. The van der Waals surface area contributed by atoms with Crippen molar-refractivity contribution in [1.29, 1.82) is 0 Å². The molecule has 64 heavy (non-hydrogen) atoms. The fourth-order valence-corrected chi connectivity index (χ4v) is 7.37. The molecule has 0 fully saturated rings. The number of aliphatic hydroxyl groups is 2. The monoisotopic (exact) mass is 918 g/mol. The summed E-state index contributed by atoms with van der Waals surface area (Å²) in [5.74, 6) is 1.34. The summed E-state index contributed by atoms with van der Waals surface area (Å²) in [5.41, 5.74) is 8.02. The van der Waals surface area contributed by atoms with Crippen molar-refractivity contribution in [2.24, 2.45) is 5.73 Å². The first-order chi connectivity index (χ1) is 30.9. The van der Waals surface area contributed by atoms with Gasteiger partial charge in [-0.25, -0.2) is 4.57 Å². The van der Waals surface area contributed by atoms with Crippen molar-refractivity contribution >= 4 is 19.8 Å². The zero-order chi connectivity index (χ0) is 47.1. The average Bonchev–Trinajstić information content (AvgIpc) is 3.54. The van der Waals surface area contributed by atoms with Gasteiger partial charge in [-0.2, -0.15) is 0 Å². The predicted octanol–water partition coefficient (Wildman–Crippen LogP) is 11.4.